The van der Waals surface area contributed by atoms with E-state index in [2.05, 4.69) is 53.5 Å². The molecule has 0 aliphatic heterocycles. The number of nitrogens with two attached hydrogens (primary N) is 1. The number of fused-ring (bicyclic) bond motifs is 1. The Morgan fingerprint density at radius 2 is 1.75 bits per heavy atom. The normalized spacial score (nSPS) is 10.8. The number of nitrogens with zero attached hydrogens (tertiary/aromatic N) is 1. The van der Waals surface area contributed by atoms with Gasteiger partial charge in [-0.2, -0.15) is 0 Å². The molecule has 2 aromatic carbocycles. The van der Waals surface area contributed by atoms with Crippen LogP contribution in [-0.4, -0.2) is 4.98 Å². The average molecular weight is 280 g/mol. The van der Waals surface area contributed by atoms with Gasteiger partial charge >= 0.3 is 0 Å². The van der Waals surface area contributed by atoms with E-state index < -0.39 is 0 Å². The van der Waals surface area contributed by atoms with Crippen molar-refractivity contribution in [3.05, 3.63) is 71.9 Å². The minimum absolute atomic E-state index is 0.597. The lowest BCUT2D eigenvalue weighted by molar-refractivity contribution is 1.07. The number of thioether (sulfide) groups is 1. The van der Waals surface area contributed by atoms with Gasteiger partial charge in [0.25, 0.3) is 0 Å². The minimum Gasteiger partial charge on any atom is -0.326 e. The van der Waals surface area contributed by atoms with Crippen molar-refractivity contribution >= 4 is 22.7 Å². The van der Waals surface area contributed by atoms with E-state index in [9.17, 15) is 0 Å². The molecule has 100 valence electrons. The van der Waals surface area contributed by atoms with Crippen LogP contribution in [0, 0.1) is 0 Å². The summed E-state index contributed by atoms with van der Waals surface area (Å²) in [6.45, 7) is 0.597. The Kier molecular flexibility index (Phi) is 4.00. The number of rotatable bonds is 4. The number of para-hydroxylation sites is 1. The number of benzene rings is 2. The van der Waals surface area contributed by atoms with E-state index in [4.69, 9.17) is 5.73 Å². The second-order valence-corrected chi connectivity index (χ2v) is 5.67. The van der Waals surface area contributed by atoms with E-state index in [0.717, 1.165) is 11.3 Å². The van der Waals surface area contributed by atoms with Crippen LogP contribution in [0.5, 0.6) is 0 Å². The first-order valence-electron chi connectivity index (χ1n) is 6.61. The van der Waals surface area contributed by atoms with E-state index >= 15 is 0 Å². The van der Waals surface area contributed by atoms with Crippen LogP contribution < -0.4 is 5.73 Å². The van der Waals surface area contributed by atoms with E-state index in [1.54, 1.807) is 0 Å². The third kappa shape index (κ3) is 2.84. The second-order valence-electron chi connectivity index (χ2n) is 4.62. The highest BCUT2D eigenvalue weighted by atomic mass is 32.2. The van der Waals surface area contributed by atoms with Crippen LogP contribution in [0.15, 0.2) is 65.7 Å². The van der Waals surface area contributed by atoms with Crippen molar-refractivity contribution in [1.29, 1.82) is 0 Å². The van der Waals surface area contributed by atoms with Gasteiger partial charge in [-0.25, -0.2) is 0 Å². The largest absolute Gasteiger partial charge is 0.326 e. The fraction of sp³-hybridized carbons (Fsp3) is 0.118. The topological polar surface area (TPSA) is 38.9 Å². The molecule has 0 atom stereocenters. The lowest BCUT2D eigenvalue weighted by atomic mass is 10.1. The molecule has 2 N–H and O–H groups in total. The molecule has 3 heteroatoms. The summed E-state index contributed by atoms with van der Waals surface area (Å²) in [6, 6.07) is 18.8. The standard InChI is InChI=1S/C17H16N2S/c18-11-13-5-7-15(8-6-13)20-12-14-9-10-19-17-4-2-1-3-16(14)17/h1-10H,11-12,18H2. The number of hydrogen-bond donors (Lipinski definition) is 1. The summed E-state index contributed by atoms with van der Waals surface area (Å²) in [7, 11) is 0. The fourth-order valence-corrected chi connectivity index (χ4v) is 3.07. The summed E-state index contributed by atoms with van der Waals surface area (Å²) in [4.78, 5) is 5.66. The van der Waals surface area contributed by atoms with Gasteiger partial charge in [-0.15, -0.1) is 11.8 Å². The van der Waals surface area contributed by atoms with E-state index in [1.807, 2.05) is 24.0 Å². The molecule has 0 saturated carbocycles. The van der Waals surface area contributed by atoms with Crippen LogP contribution in [0.3, 0.4) is 0 Å². The molecule has 0 aliphatic rings. The van der Waals surface area contributed by atoms with Gasteiger partial charge in [0.05, 0.1) is 5.52 Å². The zero-order chi connectivity index (χ0) is 13.8. The first kappa shape index (κ1) is 13.2. The van der Waals surface area contributed by atoms with Crippen LogP contribution in [-0.2, 0) is 12.3 Å². The van der Waals surface area contributed by atoms with Crippen LogP contribution in [0.2, 0.25) is 0 Å². The Labute approximate surface area is 123 Å². The summed E-state index contributed by atoms with van der Waals surface area (Å²) in [5.41, 5.74) is 9.17. The molecule has 1 heterocycles. The Balaban J connectivity index is 1.79. The summed E-state index contributed by atoms with van der Waals surface area (Å²) in [5.74, 6) is 0.949. The minimum atomic E-state index is 0.597. The van der Waals surface area contributed by atoms with Crippen molar-refractivity contribution in [3.63, 3.8) is 0 Å². The zero-order valence-electron chi connectivity index (χ0n) is 11.1. The van der Waals surface area contributed by atoms with Gasteiger partial charge in [0.1, 0.15) is 0 Å². The number of aromatic nitrogens is 1. The van der Waals surface area contributed by atoms with Crippen molar-refractivity contribution in [2.24, 2.45) is 5.73 Å². The molecule has 0 spiro atoms. The van der Waals surface area contributed by atoms with Gasteiger partial charge in [0.15, 0.2) is 0 Å². The molecule has 0 radical (unpaired) electrons. The van der Waals surface area contributed by atoms with E-state index in [-0.39, 0.29) is 0 Å². The molecule has 0 aliphatic carbocycles. The smallest absolute Gasteiger partial charge is 0.0705 e. The molecule has 3 rings (SSSR count). The van der Waals surface area contributed by atoms with Gasteiger partial charge in [0.2, 0.25) is 0 Å². The molecule has 1 aromatic heterocycles. The van der Waals surface area contributed by atoms with Crippen LogP contribution >= 0.6 is 11.8 Å². The van der Waals surface area contributed by atoms with Crippen molar-refractivity contribution in [1.82, 2.24) is 4.98 Å². The Hall–Kier alpha value is -1.84. The Bertz CT molecular complexity index is 702. The molecule has 3 aromatic rings. The van der Waals surface area contributed by atoms with Gasteiger partial charge in [0, 0.05) is 28.8 Å². The third-order valence-corrected chi connectivity index (χ3v) is 4.35. The third-order valence-electron chi connectivity index (χ3n) is 3.29. The molecular formula is C17H16N2S. The molecule has 0 fully saturated rings. The van der Waals surface area contributed by atoms with Crippen molar-refractivity contribution in [2.75, 3.05) is 0 Å². The van der Waals surface area contributed by atoms with Crippen LogP contribution in [0.4, 0.5) is 0 Å². The van der Waals surface area contributed by atoms with E-state index in [0.29, 0.717) is 6.54 Å². The lowest BCUT2D eigenvalue weighted by Crippen LogP contribution is -1.95. The maximum atomic E-state index is 5.61. The van der Waals surface area contributed by atoms with E-state index in [1.165, 1.54) is 21.4 Å². The average Bonchev–Trinajstić information content (AvgIpc) is 2.53. The molecule has 2 nitrogen and oxygen atoms in total. The summed E-state index contributed by atoms with van der Waals surface area (Å²) in [5, 5.41) is 1.24. The van der Waals surface area contributed by atoms with Crippen LogP contribution in [0.25, 0.3) is 10.9 Å². The zero-order valence-corrected chi connectivity index (χ0v) is 11.9. The fourth-order valence-electron chi connectivity index (χ4n) is 2.16. The molecule has 20 heavy (non-hydrogen) atoms. The first-order chi connectivity index (χ1) is 9.86. The Morgan fingerprint density at radius 3 is 2.55 bits per heavy atom. The van der Waals surface area contributed by atoms with Crippen molar-refractivity contribution in [3.8, 4) is 0 Å². The summed E-state index contributed by atoms with van der Waals surface area (Å²) in [6.07, 6.45) is 1.88. The molecule has 0 unspecified atom stereocenters. The Morgan fingerprint density at radius 1 is 0.950 bits per heavy atom. The highest BCUT2D eigenvalue weighted by Gasteiger charge is 2.02. The number of hydrogen-bond acceptors (Lipinski definition) is 3. The molecule has 0 amide bonds. The quantitative estimate of drug-likeness (QED) is 0.735. The maximum absolute atomic E-state index is 5.61. The highest BCUT2D eigenvalue weighted by molar-refractivity contribution is 7.98. The summed E-state index contributed by atoms with van der Waals surface area (Å²) >= 11 is 1.84. The predicted octanol–water partition coefficient (Wildman–Crippen LogP) is 3.99. The lowest BCUT2D eigenvalue weighted by Gasteiger charge is -2.06. The van der Waals surface area contributed by atoms with Crippen LogP contribution in [0.1, 0.15) is 11.1 Å². The first-order valence-corrected chi connectivity index (χ1v) is 7.60. The van der Waals surface area contributed by atoms with Gasteiger partial charge in [-0.3, -0.25) is 4.98 Å². The monoisotopic (exact) mass is 280 g/mol. The van der Waals surface area contributed by atoms with Gasteiger partial charge in [-0.1, -0.05) is 30.3 Å². The second kappa shape index (κ2) is 6.07. The maximum Gasteiger partial charge on any atom is 0.0705 e. The van der Waals surface area contributed by atoms with Crippen molar-refractivity contribution < 1.29 is 0 Å². The SMILES string of the molecule is NCc1ccc(SCc2ccnc3ccccc23)cc1. The highest BCUT2D eigenvalue weighted by Crippen LogP contribution is 2.26. The molecule has 0 bridgehead atoms. The van der Waals surface area contributed by atoms with Gasteiger partial charge in [-0.05, 0) is 35.4 Å². The molecule has 0 saturated heterocycles. The summed E-state index contributed by atoms with van der Waals surface area (Å²) < 4.78 is 0. The van der Waals surface area contributed by atoms with Gasteiger partial charge < -0.3 is 5.73 Å². The van der Waals surface area contributed by atoms with Crippen molar-refractivity contribution in [2.45, 2.75) is 17.2 Å². The molecular weight excluding hydrogens is 264 g/mol. The number of pyridine rings is 1. The predicted molar refractivity (Wildman–Crippen MR) is 85.6 cm³/mol.